The smallest absolute Gasteiger partial charge is 0.116 e. The van der Waals surface area contributed by atoms with E-state index in [1.165, 1.54) is 0 Å². The van der Waals surface area contributed by atoms with Crippen molar-refractivity contribution in [3.63, 3.8) is 0 Å². The summed E-state index contributed by atoms with van der Waals surface area (Å²) < 4.78 is 2.77. The predicted molar refractivity (Wildman–Crippen MR) is 74.7 cm³/mol. The molecule has 0 aromatic heterocycles. The van der Waals surface area contributed by atoms with Gasteiger partial charge in [0.1, 0.15) is 16.5 Å². The van der Waals surface area contributed by atoms with Crippen LogP contribution in [0.15, 0.2) is 0 Å². The lowest BCUT2D eigenvalue weighted by atomic mass is 11.8. The Labute approximate surface area is 91.2 Å². The van der Waals surface area contributed by atoms with Gasteiger partial charge in [0.15, 0.2) is 0 Å². The average Bonchev–Trinajstić information content (AvgIpc) is 1.44. The summed E-state index contributed by atoms with van der Waals surface area (Å²) in [6.45, 7) is 19.0. The molecule has 0 aliphatic carbocycles. The lowest BCUT2D eigenvalue weighted by Crippen LogP contribution is -2.56. The SMILES string of the molecule is C[Si](C)(C)N([Si](C)(C)C)P(C)(C)=S. The standard InChI is InChI=1S/C8H24NPSSi2/c1-10(2,11)9(12(3,4)5)13(6,7)8/h1-8H3. The maximum Gasteiger partial charge on any atom is 0.116 e. The highest BCUT2D eigenvalue weighted by Gasteiger charge is 2.38. The largest absolute Gasteiger partial charge is 0.318 e. The van der Waals surface area contributed by atoms with Crippen LogP contribution in [0.1, 0.15) is 0 Å². The summed E-state index contributed by atoms with van der Waals surface area (Å²) in [5, 5.41) is 0. The zero-order valence-corrected chi connectivity index (χ0v) is 14.0. The zero-order chi connectivity index (χ0) is 11.1. The Hall–Kier alpha value is 1.04. The Bertz CT molecular complexity index is 209. The highest BCUT2D eigenvalue weighted by molar-refractivity contribution is 8.14. The third-order valence-electron chi connectivity index (χ3n) is 1.75. The van der Waals surface area contributed by atoms with Crippen LogP contribution >= 0.6 is 6.19 Å². The third kappa shape index (κ3) is 4.39. The van der Waals surface area contributed by atoms with Crippen molar-refractivity contribution in [2.24, 2.45) is 0 Å². The lowest BCUT2D eigenvalue weighted by Gasteiger charge is -2.48. The third-order valence-corrected chi connectivity index (χ3v) is 17.2. The van der Waals surface area contributed by atoms with Gasteiger partial charge in [-0.15, -0.1) is 0 Å². The molecule has 0 saturated carbocycles. The summed E-state index contributed by atoms with van der Waals surface area (Å²) in [6, 6.07) is 0. The van der Waals surface area contributed by atoms with Gasteiger partial charge in [0.2, 0.25) is 0 Å². The Morgan fingerprint density at radius 3 is 1.08 bits per heavy atom. The minimum absolute atomic E-state index is 1.22. The molecule has 0 atom stereocenters. The number of hydrogen-bond donors (Lipinski definition) is 0. The topological polar surface area (TPSA) is 3.24 Å². The van der Waals surface area contributed by atoms with Crippen LogP contribution in [0.3, 0.4) is 0 Å². The van der Waals surface area contributed by atoms with Gasteiger partial charge in [0, 0.05) is 0 Å². The van der Waals surface area contributed by atoms with Gasteiger partial charge < -0.3 is 4.00 Å². The molecule has 0 heterocycles. The molecule has 0 bridgehead atoms. The molecular formula is C8H24NPSSi2. The van der Waals surface area contributed by atoms with E-state index in [4.69, 9.17) is 11.8 Å². The van der Waals surface area contributed by atoms with Crippen LogP contribution in [-0.4, -0.2) is 33.8 Å². The molecule has 0 fully saturated rings. The van der Waals surface area contributed by atoms with Gasteiger partial charge in [-0.2, -0.15) is 0 Å². The summed E-state index contributed by atoms with van der Waals surface area (Å²) >= 11 is 5.71. The van der Waals surface area contributed by atoms with Gasteiger partial charge >= 0.3 is 0 Å². The fourth-order valence-corrected chi connectivity index (χ4v) is 26.5. The Morgan fingerprint density at radius 2 is 1.08 bits per heavy atom. The number of hydrogen-bond acceptors (Lipinski definition) is 1. The van der Waals surface area contributed by atoms with Crippen molar-refractivity contribution < 1.29 is 0 Å². The van der Waals surface area contributed by atoms with Crippen molar-refractivity contribution in [2.75, 3.05) is 13.3 Å². The molecule has 80 valence electrons. The van der Waals surface area contributed by atoms with E-state index in [1.807, 2.05) is 0 Å². The fourth-order valence-electron chi connectivity index (χ4n) is 2.45. The first-order chi connectivity index (χ1) is 5.37. The molecule has 5 heteroatoms. The van der Waals surface area contributed by atoms with Crippen molar-refractivity contribution >= 4 is 34.5 Å². The van der Waals surface area contributed by atoms with E-state index >= 15 is 0 Å². The molecule has 0 rings (SSSR count). The molecule has 13 heavy (non-hydrogen) atoms. The molecular weight excluding hydrogens is 229 g/mol. The molecule has 0 saturated heterocycles. The van der Waals surface area contributed by atoms with Gasteiger partial charge in [-0.25, -0.2) is 0 Å². The van der Waals surface area contributed by atoms with E-state index < -0.39 is 22.7 Å². The fraction of sp³-hybridized carbons (Fsp3) is 1.00. The van der Waals surface area contributed by atoms with Crippen LogP contribution in [0, 0.1) is 0 Å². The summed E-state index contributed by atoms with van der Waals surface area (Å²) in [7, 11) is -2.43. The highest BCUT2D eigenvalue weighted by Crippen LogP contribution is 2.48. The number of rotatable bonds is 3. The Kier molecular flexibility index (Phi) is 4.21. The predicted octanol–water partition coefficient (Wildman–Crippen LogP) is 3.61. The monoisotopic (exact) mass is 253 g/mol. The molecule has 0 aliphatic rings. The van der Waals surface area contributed by atoms with Crippen LogP contribution in [-0.2, 0) is 11.8 Å². The van der Waals surface area contributed by atoms with E-state index in [-0.39, 0.29) is 0 Å². The quantitative estimate of drug-likeness (QED) is 0.558. The summed E-state index contributed by atoms with van der Waals surface area (Å²) in [4.78, 5) is 0. The van der Waals surface area contributed by atoms with Crippen LogP contribution in [0.5, 0.6) is 0 Å². The minimum atomic E-state index is -1.23. The summed E-state index contributed by atoms with van der Waals surface area (Å²) in [6.07, 6.45) is -1.23. The molecule has 0 radical (unpaired) electrons. The van der Waals surface area contributed by atoms with Crippen molar-refractivity contribution in [3.8, 4) is 0 Å². The lowest BCUT2D eigenvalue weighted by molar-refractivity contribution is 0.973. The second-order valence-corrected chi connectivity index (χ2v) is 22.4. The van der Waals surface area contributed by atoms with Gasteiger partial charge in [-0.1, -0.05) is 51.1 Å². The van der Waals surface area contributed by atoms with Gasteiger partial charge in [-0.05, 0) is 19.5 Å². The second-order valence-electron chi connectivity index (χ2n) is 5.95. The van der Waals surface area contributed by atoms with Crippen molar-refractivity contribution in [1.82, 2.24) is 4.00 Å². The maximum absolute atomic E-state index is 5.71. The molecule has 0 unspecified atom stereocenters. The first kappa shape index (κ1) is 14.0. The van der Waals surface area contributed by atoms with Crippen LogP contribution in [0.25, 0.3) is 0 Å². The molecule has 0 spiro atoms. The van der Waals surface area contributed by atoms with E-state index in [0.717, 1.165) is 0 Å². The van der Waals surface area contributed by atoms with Gasteiger partial charge in [0.05, 0.1) is 0 Å². The summed E-state index contributed by atoms with van der Waals surface area (Å²) in [5.74, 6) is 0. The molecule has 0 amide bonds. The van der Waals surface area contributed by atoms with E-state index in [0.29, 0.717) is 0 Å². The zero-order valence-electron chi connectivity index (χ0n) is 10.3. The Balaban J connectivity index is 5.15. The van der Waals surface area contributed by atoms with Crippen molar-refractivity contribution in [1.29, 1.82) is 0 Å². The minimum Gasteiger partial charge on any atom is -0.318 e. The first-order valence-corrected chi connectivity index (χ1v) is 15.3. The first-order valence-electron chi connectivity index (χ1n) is 4.72. The summed E-state index contributed by atoms with van der Waals surface area (Å²) in [5.41, 5.74) is 0. The van der Waals surface area contributed by atoms with Crippen LogP contribution in [0.2, 0.25) is 39.3 Å². The molecule has 0 aromatic carbocycles. The van der Waals surface area contributed by atoms with Crippen LogP contribution < -0.4 is 0 Å². The number of nitrogens with zero attached hydrogens (tertiary/aromatic N) is 1. The molecule has 0 aromatic rings. The second kappa shape index (κ2) is 3.89. The average molecular weight is 253 g/mol. The molecule has 1 nitrogen and oxygen atoms in total. The van der Waals surface area contributed by atoms with E-state index in [2.05, 4.69) is 56.6 Å². The maximum atomic E-state index is 5.71. The van der Waals surface area contributed by atoms with Gasteiger partial charge in [-0.3, -0.25) is 0 Å². The van der Waals surface area contributed by atoms with E-state index in [1.54, 1.807) is 0 Å². The van der Waals surface area contributed by atoms with Crippen molar-refractivity contribution in [3.05, 3.63) is 0 Å². The van der Waals surface area contributed by atoms with Crippen molar-refractivity contribution in [2.45, 2.75) is 39.3 Å². The van der Waals surface area contributed by atoms with Crippen LogP contribution in [0.4, 0.5) is 0 Å². The van der Waals surface area contributed by atoms with E-state index in [9.17, 15) is 0 Å². The molecule has 0 aliphatic heterocycles. The Morgan fingerprint density at radius 1 is 0.846 bits per heavy atom. The normalized spacial score (nSPS) is 15.2. The molecule has 0 N–H and O–H groups in total. The highest BCUT2D eigenvalue weighted by atomic mass is 32.4. The van der Waals surface area contributed by atoms with Gasteiger partial charge in [0.25, 0.3) is 0 Å².